The predicted octanol–water partition coefficient (Wildman–Crippen LogP) is 3.25. The lowest BCUT2D eigenvalue weighted by molar-refractivity contribution is -0.0514. The van der Waals surface area contributed by atoms with Crippen molar-refractivity contribution < 1.29 is 18.3 Å². The molecule has 1 aliphatic rings. The molecule has 1 saturated heterocycles. The lowest BCUT2D eigenvalue weighted by Crippen LogP contribution is -2.39. The summed E-state index contributed by atoms with van der Waals surface area (Å²) in [4.78, 5) is 2.36. The Bertz CT molecular complexity index is 489. The van der Waals surface area contributed by atoms with Crippen molar-refractivity contribution in [2.75, 3.05) is 19.7 Å². The molecule has 0 saturated carbocycles. The number of nitrogens with zero attached hydrogens (tertiary/aromatic N) is 1. The summed E-state index contributed by atoms with van der Waals surface area (Å²) in [5, 5.41) is 0. The summed E-state index contributed by atoms with van der Waals surface area (Å²) >= 11 is 0. The molecule has 1 atom stereocenters. The number of hydrogen-bond donors (Lipinski definition) is 1. The largest absolute Gasteiger partial charge is 0.490 e. The fourth-order valence-electron chi connectivity index (χ4n) is 3.01. The topological polar surface area (TPSA) is 47.7 Å². The van der Waals surface area contributed by atoms with Crippen LogP contribution >= 0.6 is 0 Å². The van der Waals surface area contributed by atoms with Gasteiger partial charge < -0.3 is 15.2 Å². The number of hydrogen-bond acceptors (Lipinski definition) is 4. The van der Waals surface area contributed by atoms with Crippen molar-refractivity contribution in [3.63, 3.8) is 0 Å². The van der Waals surface area contributed by atoms with Gasteiger partial charge in [-0.1, -0.05) is 6.07 Å². The van der Waals surface area contributed by atoms with Crippen LogP contribution in [-0.4, -0.2) is 37.2 Å². The second-order valence-electron chi connectivity index (χ2n) is 6.07. The van der Waals surface area contributed by atoms with Crippen molar-refractivity contribution in [3.05, 3.63) is 23.8 Å². The molecule has 2 N–H and O–H groups in total. The quantitative estimate of drug-likeness (QED) is 0.835. The number of piperidine rings is 1. The fourth-order valence-corrected chi connectivity index (χ4v) is 3.01. The molecule has 2 rings (SSSR count). The molecular weight excluding hydrogens is 302 g/mol. The third-order valence-electron chi connectivity index (χ3n) is 4.31. The van der Waals surface area contributed by atoms with Crippen LogP contribution in [0.15, 0.2) is 18.2 Å². The minimum Gasteiger partial charge on any atom is -0.490 e. The normalized spacial score (nSPS) is 18.2. The molecule has 1 aromatic carbocycles. The molecule has 0 aromatic heterocycles. The fraction of sp³-hybridized carbons (Fsp3) is 0.647. The van der Waals surface area contributed by atoms with Crippen LogP contribution in [0.4, 0.5) is 8.78 Å². The molecular formula is C17H26F2N2O2. The molecule has 0 spiro atoms. The molecule has 1 aromatic rings. The van der Waals surface area contributed by atoms with Gasteiger partial charge in [0.25, 0.3) is 0 Å². The first kappa shape index (κ1) is 17.9. The van der Waals surface area contributed by atoms with Crippen molar-refractivity contribution in [1.82, 2.24) is 4.90 Å². The molecule has 1 heterocycles. The number of halogens is 2. The number of benzene rings is 1. The Labute approximate surface area is 136 Å². The third-order valence-corrected chi connectivity index (χ3v) is 4.31. The summed E-state index contributed by atoms with van der Waals surface area (Å²) in [6, 6.07) is 5.41. The summed E-state index contributed by atoms with van der Waals surface area (Å²) in [6.07, 6.45) is 2.20. The Morgan fingerprint density at radius 3 is 2.52 bits per heavy atom. The van der Waals surface area contributed by atoms with E-state index in [2.05, 4.69) is 16.6 Å². The highest BCUT2D eigenvalue weighted by molar-refractivity contribution is 5.43. The van der Waals surface area contributed by atoms with Gasteiger partial charge >= 0.3 is 6.61 Å². The number of likely N-dealkylation sites (tertiary alicyclic amines) is 1. The van der Waals surface area contributed by atoms with Gasteiger partial charge in [0.05, 0.1) is 6.61 Å². The molecule has 1 fully saturated rings. The Balaban J connectivity index is 1.99. The van der Waals surface area contributed by atoms with Crippen molar-refractivity contribution in [2.24, 2.45) is 11.7 Å². The van der Waals surface area contributed by atoms with Gasteiger partial charge in [-0.05, 0) is 63.4 Å². The summed E-state index contributed by atoms with van der Waals surface area (Å²) in [7, 11) is 0. The zero-order valence-electron chi connectivity index (χ0n) is 13.8. The van der Waals surface area contributed by atoms with Crippen molar-refractivity contribution in [3.8, 4) is 11.5 Å². The van der Waals surface area contributed by atoms with E-state index in [9.17, 15) is 8.78 Å². The summed E-state index contributed by atoms with van der Waals surface area (Å²) in [5.41, 5.74) is 7.00. The first-order chi connectivity index (χ1) is 11.0. The SMILES string of the molecule is CCOc1cc(CN2CCC(C(C)N)CC2)ccc1OC(F)F. The van der Waals surface area contributed by atoms with Crippen molar-refractivity contribution in [1.29, 1.82) is 0 Å². The standard InChI is InChI=1S/C17H26F2N2O2/c1-3-22-16-10-13(4-5-15(16)23-17(18)19)11-21-8-6-14(7-9-21)12(2)20/h4-5,10,12,14,17H,3,6-9,11,20H2,1-2H3. The zero-order chi connectivity index (χ0) is 16.8. The van der Waals surface area contributed by atoms with Gasteiger partial charge in [0.15, 0.2) is 11.5 Å². The Morgan fingerprint density at radius 2 is 1.96 bits per heavy atom. The van der Waals surface area contributed by atoms with E-state index in [1.807, 2.05) is 13.0 Å². The second-order valence-corrected chi connectivity index (χ2v) is 6.07. The molecule has 4 nitrogen and oxygen atoms in total. The number of ether oxygens (including phenoxy) is 2. The molecule has 0 aliphatic carbocycles. The van der Waals surface area contributed by atoms with Crippen LogP contribution < -0.4 is 15.2 Å². The van der Waals surface area contributed by atoms with E-state index in [0.29, 0.717) is 18.3 Å². The minimum atomic E-state index is -2.85. The molecule has 0 amide bonds. The molecule has 6 heteroatoms. The maximum Gasteiger partial charge on any atom is 0.387 e. The first-order valence-electron chi connectivity index (χ1n) is 8.18. The van der Waals surface area contributed by atoms with Crippen LogP contribution in [0.5, 0.6) is 11.5 Å². The predicted molar refractivity (Wildman–Crippen MR) is 85.9 cm³/mol. The van der Waals surface area contributed by atoms with Gasteiger partial charge in [0.1, 0.15) is 0 Å². The van der Waals surface area contributed by atoms with Gasteiger partial charge in [-0.2, -0.15) is 8.78 Å². The maximum atomic E-state index is 12.4. The molecule has 130 valence electrons. The Kier molecular flexibility index (Phi) is 6.59. The molecule has 0 radical (unpaired) electrons. The first-order valence-corrected chi connectivity index (χ1v) is 8.18. The monoisotopic (exact) mass is 328 g/mol. The van der Waals surface area contributed by atoms with Crippen LogP contribution in [0.25, 0.3) is 0 Å². The molecule has 1 aliphatic heterocycles. The van der Waals surface area contributed by atoms with E-state index in [-0.39, 0.29) is 11.8 Å². The molecule has 1 unspecified atom stereocenters. The highest BCUT2D eigenvalue weighted by Gasteiger charge is 2.22. The Morgan fingerprint density at radius 1 is 1.26 bits per heavy atom. The second kappa shape index (κ2) is 8.45. The average molecular weight is 328 g/mol. The summed E-state index contributed by atoms with van der Waals surface area (Å²) < 4.78 is 34.8. The van der Waals surface area contributed by atoms with E-state index in [1.54, 1.807) is 12.1 Å². The van der Waals surface area contributed by atoms with Crippen LogP contribution in [0, 0.1) is 5.92 Å². The van der Waals surface area contributed by atoms with Gasteiger partial charge in [0.2, 0.25) is 0 Å². The average Bonchev–Trinajstić information content (AvgIpc) is 2.50. The lowest BCUT2D eigenvalue weighted by Gasteiger charge is -2.33. The highest BCUT2D eigenvalue weighted by Crippen LogP contribution is 2.31. The minimum absolute atomic E-state index is 0.0845. The van der Waals surface area contributed by atoms with Gasteiger partial charge in [-0.15, -0.1) is 0 Å². The zero-order valence-corrected chi connectivity index (χ0v) is 13.8. The van der Waals surface area contributed by atoms with E-state index in [4.69, 9.17) is 10.5 Å². The van der Waals surface area contributed by atoms with Crippen LogP contribution in [0.2, 0.25) is 0 Å². The number of nitrogens with two attached hydrogens (primary N) is 1. The Hall–Kier alpha value is -1.40. The van der Waals surface area contributed by atoms with E-state index in [0.717, 1.165) is 38.0 Å². The maximum absolute atomic E-state index is 12.4. The van der Waals surface area contributed by atoms with E-state index in [1.165, 1.54) is 0 Å². The lowest BCUT2D eigenvalue weighted by atomic mass is 9.91. The van der Waals surface area contributed by atoms with Crippen LogP contribution in [0.3, 0.4) is 0 Å². The number of alkyl halides is 2. The van der Waals surface area contributed by atoms with Gasteiger partial charge in [-0.3, -0.25) is 4.90 Å². The van der Waals surface area contributed by atoms with Gasteiger partial charge in [0, 0.05) is 12.6 Å². The van der Waals surface area contributed by atoms with Crippen LogP contribution in [-0.2, 0) is 6.54 Å². The highest BCUT2D eigenvalue weighted by atomic mass is 19.3. The number of rotatable bonds is 7. The summed E-state index contributed by atoms with van der Waals surface area (Å²) in [6.45, 7) is 4.23. The van der Waals surface area contributed by atoms with Crippen molar-refractivity contribution >= 4 is 0 Å². The van der Waals surface area contributed by atoms with E-state index < -0.39 is 6.61 Å². The molecule has 0 bridgehead atoms. The van der Waals surface area contributed by atoms with Crippen LogP contribution in [0.1, 0.15) is 32.3 Å². The smallest absolute Gasteiger partial charge is 0.387 e. The molecule has 23 heavy (non-hydrogen) atoms. The van der Waals surface area contributed by atoms with Crippen molar-refractivity contribution in [2.45, 2.75) is 45.9 Å². The third kappa shape index (κ3) is 5.32. The summed E-state index contributed by atoms with van der Waals surface area (Å²) in [5.74, 6) is 1.05. The van der Waals surface area contributed by atoms with Gasteiger partial charge in [-0.25, -0.2) is 0 Å². The van der Waals surface area contributed by atoms with E-state index >= 15 is 0 Å².